The number of aromatic nitrogens is 3. The van der Waals surface area contributed by atoms with Crippen molar-refractivity contribution in [1.29, 1.82) is 0 Å². The molecule has 0 unspecified atom stereocenters. The van der Waals surface area contributed by atoms with Crippen molar-refractivity contribution in [2.45, 2.75) is 52.6 Å². The average molecular weight is 314 g/mol. The standard InChI is InChI=1S/C18H23FN4/c1-12-7-13(8-20-16(12)19)10-23-6-5-15-14(11-23)9-21-17(22-15)18(2,3)4/h7-9H,5-6,10-11H2,1-4H3. The number of nitrogens with zero attached hydrogens (tertiary/aromatic N) is 4. The van der Waals surface area contributed by atoms with Gasteiger partial charge in [-0.2, -0.15) is 4.39 Å². The third-order valence-corrected chi connectivity index (χ3v) is 4.16. The molecule has 0 N–H and O–H groups in total. The van der Waals surface area contributed by atoms with Gasteiger partial charge in [-0.15, -0.1) is 0 Å². The topological polar surface area (TPSA) is 41.9 Å². The van der Waals surface area contributed by atoms with Crippen LogP contribution in [0.3, 0.4) is 0 Å². The van der Waals surface area contributed by atoms with E-state index >= 15 is 0 Å². The number of aryl methyl sites for hydroxylation is 1. The average Bonchev–Trinajstić information content (AvgIpc) is 2.49. The first-order chi connectivity index (χ1) is 10.8. The molecule has 0 radical (unpaired) electrons. The molecule has 23 heavy (non-hydrogen) atoms. The summed E-state index contributed by atoms with van der Waals surface area (Å²) in [6, 6.07) is 1.87. The maximum Gasteiger partial charge on any atom is 0.215 e. The molecule has 122 valence electrons. The van der Waals surface area contributed by atoms with Crippen LogP contribution in [0.4, 0.5) is 4.39 Å². The third kappa shape index (κ3) is 3.55. The van der Waals surface area contributed by atoms with E-state index in [1.165, 1.54) is 5.56 Å². The van der Waals surface area contributed by atoms with E-state index in [-0.39, 0.29) is 11.4 Å². The van der Waals surface area contributed by atoms with E-state index in [4.69, 9.17) is 4.98 Å². The number of halogens is 1. The highest BCUT2D eigenvalue weighted by Gasteiger charge is 2.23. The second-order valence-corrected chi connectivity index (χ2v) is 7.33. The zero-order valence-electron chi connectivity index (χ0n) is 14.2. The molecule has 5 heteroatoms. The first-order valence-electron chi connectivity index (χ1n) is 8.01. The van der Waals surface area contributed by atoms with E-state index in [2.05, 4.69) is 35.6 Å². The van der Waals surface area contributed by atoms with E-state index < -0.39 is 0 Å². The normalized spacial score (nSPS) is 15.5. The molecule has 0 aliphatic carbocycles. The monoisotopic (exact) mass is 314 g/mol. The number of hydrogen-bond donors (Lipinski definition) is 0. The summed E-state index contributed by atoms with van der Waals surface area (Å²) >= 11 is 0. The van der Waals surface area contributed by atoms with Gasteiger partial charge in [0.2, 0.25) is 5.95 Å². The second-order valence-electron chi connectivity index (χ2n) is 7.33. The van der Waals surface area contributed by atoms with Crippen LogP contribution in [0.25, 0.3) is 0 Å². The third-order valence-electron chi connectivity index (χ3n) is 4.16. The fraction of sp³-hybridized carbons (Fsp3) is 0.500. The van der Waals surface area contributed by atoms with Crippen LogP contribution in [0, 0.1) is 12.9 Å². The molecule has 3 heterocycles. The molecule has 0 amide bonds. The summed E-state index contributed by atoms with van der Waals surface area (Å²) in [5, 5.41) is 0. The Bertz CT molecular complexity index is 721. The van der Waals surface area contributed by atoms with Gasteiger partial charge in [-0.3, -0.25) is 4.90 Å². The lowest BCUT2D eigenvalue weighted by atomic mass is 9.95. The van der Waals surface area contributed by atoms with Crippen molar-refractivity contribution in [3.05, 3.63) is 52.6 Å². The zero-order chi connectivity index (χ0) is 16.6. The first kappa shape index (κ1) is 16.0. The van der Waals surface area contributed by atoms with Crippen LogP contribution in [-0.4, -0.2) is 26.4 Å². The zero-order valence-corrected chi connectivity index (χ0v) is 14.2. The molecule has 2 aromatic rings. The minimum atomic E-state index is -0.388. The van der Waals surface area contributed by atoms with Crippen molar-refractivity contribution in [2.24, 2.45) is 0 Å². The largest absolute Gasteiger partial charge is 0.294 e. The Morgan fingerprint density at radius 3 is 2.70 bits per heavy atom. The number of rotatable bonds is 2. The molecule has 0 saturated carbocycles. The molecule has 3 rings (SSSR count). The molecule has 0 fully saturated rings. The summed E-state index contributed by atoms with van der Waals surface area (Å²) < 4.78 is 13.3. The predicted octanol–water partition coefficient (Wildman–Crippen LogP) is 3.17. The van der Waals surface area contributed by atoms with Gasteiger partial charge in [-0.05, 0) is 18.6 Å². The van der Waals surface area contributed by atoms with Crippen molar-refractivity contribution in [3.63, 3.8) is 0 Å². The van der Waals surface area contributed by atoms with Crippen molar-refractivity contribution >= 4 is 0 Å². The second kappa shape index (κ2) is 5.96. The number of pyridine rings is 1. The molecule has 4 nitrogen and oxygen atoms in total. The van der Waals surface area contributed by atoms with Gasteiger partial charge in [0.25, 0.3) is 0 Å². The Morgan fingerprint density at radius 2 is 2.00 bits per heavy atom. The smallest absolute Gasteiger partial charge is 0.215 e. The van der Waals surface area contributed by atoms with Crippen LogP contribution in [-0.2, 0) is 24.9 Å². The predicted molar refractivity (Wildman–Crippen MR) is 87.5 cm³/mol. The number of fused-ring (bicyclic) bond motifs is 1. The lowest BCUT2D eigenvalue weighted by Crippen LogP contribution is -2.32. The van der Waals surface area contributed by atoms with Crippen molar-refractivity contribution in [3.8, 4) is 0 Å². The molecule has 0 atom stereocenters. The van der Waals surface area contributed by atoms with Crippen LogP contribution >= 0.6 is 0 Å². The van der Waals surface area contributed by atoms with Crippen LogP contribution in [0.2, 0.25) is 0 Å². The fourth-order valence-corrected chi connectivity index (χ4v) is 2.83. The maximum atomic E-state index is 13.3. The Labute approximate surface area is 136 Å². The van der Waals surface area contributed by atoms with E-state index in [0.717, 1.165) is 43.1 Å². The molecular formula is C18H23FN4. The summed E-state index contributed by atoms with van der Waals surface area (Å²) in [4.78, 5) is 15.4. The van der Waals surface area contributed by atoms with E-state index in [9.17, 15) is 4.39 Å². The quantitative estimate of drug-likeness (QED) is 0.799. The minimum Gasteiger partial charge on any atom is -0.294 e. The van der Waals surface area contributed by atoms with Crippen LogP contribution < -0.4 is 0 Å². The van der Waals surface area contributed by atoms with Gasteiger partial charge in [0.1, 0.15) is 5.82 Å². The van der Waals surface area contributed by atoms with Gasteiger partial charge in [-0.1, -0.05) is 20.8 Å². The van der Waals surface area contributed by atoms with Crippen LogP contribution in [0.15, 0.2) is 18.5 Å². The van der Waals surface area contributed by atoms with Crippen LogP contribution in [0.5, 0.6) is 0 Å². The highest BCUT2D eigenvalue weighted by molar-refractivity contribution is 5.23. The lowest BCUT2D eigenvalue weighted by molar-refractivity contribution is 0.241. The Balaban J connectivity index is 1.74. The fourth-order valence-electron chi connectivity index (χ4n) is 2.83. The van der Waals surface area contributed by atoms with Crippen molar-refractivity contribution < 1.29 is 4.39 Å². The summed E-state index contributed by atoms with van der Waals surface area (Å²) in [6.45, 7) is 10.7. The first-order valence-corrected chi connectivity index (χ1v) is 8.01. The molecule has 0 saturated heterocycles. The molecular weight excluding hydrogens is 291 g/mol. The van der Waals surface area contributed by atoms with Crippen molar-refractivity contribution in [2.75, 3.05) is 6.54 Å². The van der Waals surface area contributed by atoms with E-state index in [0.29, 0.717) is 5.56 Å². The van der Waals surface area contributed by atoms with Gasteiger partial charge in [0.05, 0.1) is 0 Å². The highest BCUT2D eigenvalue weighted by Crippen LogP contribution is 2.23. The van der Waals surface area contributed by atoms with E-state index in [1.807, 2.05) is 12.3 Å². The highest BCUT2D eigenvalue weighted by atomic mass is 19.1. The lowest BCUT2D eigenvalue weighted by Gasteiger charge is -2.29. The molecule has 0 aromatic carbocycles. The SMILES string of the molecule is Cc1cc(CN2CCc3nc(C(C)(C)C)ncc3C2)cnc1F. The number of hydrogen-bond acceptors (Lipinski definition) is 4. The van der Waals surface area contributed by atoms with Crippen molar-refractivity contribution in [1.82, 2.24) is 19.9 Å². The molecule has 1 aliphatic heterocycles. The summed E-state index contributed by atoms with van der Waals surface area (Å²) in [7, 11) is 0. The van der Waals surface area contributed by atoms with Gasteiger partial charge in [-0.25, -0.2) is 15.0 Å². The van der Waals surface area contributed by atoms with Crippen LogP contribution in [0.1, 0.15) is 49.0 Å². The molecule has 0 spiro atoms. The molecule has 0 bridgehead atoms. The minimum absolute atomic E-state index is 0.0243. The van der Waals surface area contributed by atoms with Gasteiger partial charge >= 0.3 is 0 Å². The summed E-state index contributed by atoms with van der Waals surface area (Å²) in [5.41, 5.74) is 3.96. The van der Waals surface area contributed by atoms with Gasteiger partial charge in [0, 0.05) is 60.7 Å². The van der Waals surface area contributed by atoms with Gasteiger partial charge < -0.3 is 0 Å². The molecule has 2 aromatic heterocycles. The molecule has 1 aliphatic rings. The Hall–Kier alpha value is -1.88. The Morgan fingerprint density at radius 1 is 1.22 bits per heavy atom. The Kier molecular flexibility index (Phi) is 4.15. The summed E-state index contributed by atoms with van der Waals surface area (Å²) in [5.74, 6) is 0.518. The maximum absolute atomic E-state index is 13.3. The van der Waals surface area contributed by atoms with E-state index in [1.54, 1.807) is 13.1 Å². The van der Waals surface area contributed by atoms with Gasteiger partial charge in [0.15, 0.2) is 0 Å². The summed E-state index contributed by atoms with van der Waals surface area (Å²) in [6.07, 6.45) is 4.51.